The summed E-state index contributed by atoms with van der Waals surface area (Å²) in [5.41, 5.74) is 1.68. The molecule has 7 nitrogen and oxygen atoms in total. The number of nitrogens with one attached hydrogen (secondary N) is 2. The van der Waals surface area contributed by atoms with Crippen LogP contribution in [0.25, 0.3) is 11.4 Å². The minimum absolute atomic E-state index is 0.0444. The van der Waals surface area contributed by atoms with Crippen molar-refractivity contribution in [3.05, 3.63) is 54.1 Å². The Bertz CT molecular complexity index is 948. The normalized spacial score (nSPS) is 13.4. The highest BCUT2D eigenvalue weighted by molar-refractivity contribution is 5.93. The van der Waals surface area contributed by atoms with Gasteiger partial charge in [-0.1, -0.05) is 0 Å². The zero-order chi connectivity index (χ0) is 18.8. The number of hydrogen-bond acceptors (Lipinski definition) is 5. The molecule has 0 radical (unpaired) electrons. The lowest BCUT2D eigenvalue weighted by atomic mass is 10.2. The second-order valence-corrected chi connectivity index (χ2v) is 6.32. The summed E-state index contributed by atoms with van der Waals surface area (Å²) in [4.78, 5) is 11.9. The van der Waals surface area contributed by atoms with Crippen molar-refractivity contribution in [3.63, 3.8) is 0 Å². The molecule has 1 aliphatic carbocycles. The van der Waals surface area contributed by atoms with Gasteiger partial charge in [0.1, 0.15) is 11.6 Å². The van der Waals surface area contributed by atoms with E-state index in [9.17, 15) is 13.6 Å². The van der Waals surface area contributed by atoms with Crippen LogP contribution in [-0.4, -0.2) is 32.7 Å². The van der Waals surface area contributed by atoms with Gasteiger partial charge in [-0.3, -0.25) is 4.79 Å². The van der Waals surface area contributed by atoms with Crippen LogP contribution >= 0.6 is 0 Å². The standard InChI is InChI=1S/C18H16F2N6O/c19-12-7-13(20)9-15(8-12)22-17(27)10-21-14-3-1-11(2-4-14)18-23-24-25-26(18)16-5-6-16/h1-4,7-9,16,21H,5-6,10H2,(H,22,27). The molecule has 1 aliphatic rings. The number of aromatic nitrogens is 4. The van der Waals surface area contributed by atoms with Crippen molar-refractivity contribution in [1.82, 2.24) is 20.2 Å². The Hall–Kier alpha value is -3.36. The zero-order valence-electron chi connectivity index (χ0n) is 14.2. The summed E-state index contributed by atoms with van der Waals surface area (Å²) in [6.07, 6.45) is 2.17. The van der Waals surface area contributed by atoms with Crippen LogP contribution in [0.15, 0.2) is 42.5 Å². The Morgan fingerprint density at radius 1 is 1.07 bits per heavy atom. The molecule has 1 amide bonds. The summed E-state index contributed by atoms with van der Waals surface area (Å²) in [5, 5.41) is 17.2. The number of benzene rings is 2. The molecule has 138 valence electrons. The van der Waals surface area contributed by atoms with Crippen molar-refractivity contribution in [1.29, 1.82) is 0 Å². The summed E-state index contributed by atoms with van der Waals surface area (Å²) >= 11 is 0. The molecule has 1 fully saturated rings. The van der Waals surface area contributed by atoms with Gasteiger partial charge in [0.25, 0.3) is 0 Å². The maximum atomic E-state index is 13.1. The van der Waals surface area contributed by atoms with Gasteiger partial charge in [0.2, 0.25) is 5.91 Å². The molecule has 27 heavy (non-hydrogen) atoms. The first kappa shape index (κ1) is 17.1. The van der Waals surface area contributed by atoms with Crippen LogP contribution in [-0.2, 0) is 4.79 Å². The van der Waals surface area contributed by atoms with Gasteiger partial charge >= 0.3 is 0 Å². The predicted octanol–water partition coefficient (Wildman–Crippen LogP) is 3.00. The van der Waals surface area contributed by atoms with E-state index in [2.05, 4.69) is 26.2 Å². The number of hydrogen-bond donors (Lipinski definition) is 2. The summed E-state index contributed by atoms with van der Waals surface area (Å²) in [6.45, 7) is -0.0444. The second-order valence-electron chi connectivity index (χ2n) is 6.32. The number of amides is 1. The van der Waals surface area contributed by atoms with Gasteiger partial charge in [-0.05, 0) is 59.7 Å². The molecule has 1 heterocycles. The minimum atomic E-state index is -0.748. The molecule has 9 heteroatoms. The van der Waals surface area contributed by atoms with Crippen molar-refractivity contribution >= 4 is 17.3 Å². The highest BCUT2D eigenvalue weighted by atomic mass is 19.1. The molecule has 1 saturated carbocycles. The first-order valence-electron chi connectivity index (χ1n) is 8.46. The van der Waals surface area contributed by atoms with Gasteiger partial charge in [-0.15, -0.1) is 5.10 Å². The van der Waals surface area contributed by atoms with E-state index < -0.39 is 17.5 Å². The van der Waals surface area contributed by atoms with E-state index in [0.29, 0.717) is 6.04 Å². The highest BCUT2D eigenvalue weighted by Gasteiger charge is 2.28. The topological polar surface area (TPSA) is 84.7 Å². The van der Waals surface area contributed by atoms with Gasteiger partial charge < -0.3 is 10.6 Å². The van der Waals surface area contributed by atoms with Crippen LogP contribution in [0, 0.1) is 11.6 Å². The molecule has 2 N–H and O–H groups in total. The number of nitrogens with zero attached hydrogens (tertiary/aromatic N) is 4. The molecule has 3 aromatic rings. The number of anilines is 2. The molecule has 0 saturated heterocycles. The molecule has 0 unspecified atom stereocenters. The predicted molar refractivity (Wildman–Crippen MR) is 95.0 cm³/mol. The van der Waals surface area contributed by atoms with Crippen LogP contribution in [0.2, 0.25) is 0 Å². The lowest BCUT2D eigenvalue weighted by Crippen LogP contribution is -2.21. The summed E-state index contributed by atoms with van der Waals surface area (Å²) in [5.74, 6) is -1.19. The largest absolute Gasteiger partial charge is 0.376 e. The van der Waals surface area contributed by atoms with Crippen molar-refractivity contribution in [3.8, 4) is 11.4 Å². The molecular formula is C18H16F2N6O. The van der Waals surface area contributed by atoms with Crippen LogP contribution in [0.4, 0.5) is 20.2 Å². The van der Waals surface area contributed by atoms with Gasteiger partial charge in [0, 0.05) is 23.0 Å². The SMILES string of the molecule is O=C(CNc1ccc(-c2nnnn2C2CC2)cc1)Nc1cc(F)cc(F)c1. The Labute approximate surface area is 153 Å². The van der Waals surface area contributed by atoms with Crippen LogP contribution in [0.3, 0.4) is 0 Å². The number of rotatable bonds is 6. The van der Waals surface area contributed by atoms with Crippen LogP contribution in [0.5, 0.6) is 0 Å². The fourth-order valence-corrected chi connectivity index (χ4v) is 2.70. The third kappa shape index (κ3) is 4.08. The summed E-state index contributed by atoms with van der Waals surface area (Å²) in [6, 6.07) is 10.6. The lowest BCUT2D eigenvalue weighted by molar-refractivity contribution is -0.114. The maximum absolute atomic E-state index is 13.1. The van der Waals surface area contributed by atoms with Crippen LogP contribution in [0.1, 0.15) is 18.9 Å². The molecular weight excluding hydrogens is 354 g/mol. The molecule has 2 aromatic carbocycles. The number of tetrazole rings is 1. The van der Waals surface area contributed by atoms with Crippen molar-refractivity contribution in [2.75, 3.05) is 17.2 Å². The van der Waals surface area contributed by atoms with E-state index in [1.54, 1.807) is 0 Å². The van der Waals surface area contributed by atoms with Gasteiger partial charge in [-0.2, -0.15) is 0 Å². The molecule has 4 rings (SSSR count). The fourth-order valence-electron chi connectivity index (χ4n) is 2.70. The Balaban J connectivity index is 1.36. The number of halogens is 2. The van der Waals surface area contributed by atoms with E-state index in [-0.39, 0.29) is 12.2 Å². The average molecular weight is 370 g/mol. The molecule has 0 atom stereocenters. The zero-order valence-corrected chi connectivity index (χ0v) is 14.2. The van der Waals surface area contributed by atoms with Crippen molar-refractivity contribution in [2.45, 2.75) is 18.9 Å². The monoisotopic (exact) mass is 370 g/mol. The van der Waals surface area contributed by atoms with Crippen LogP contribution < -0.4 is 10.6 Å². The third-order valence-corrected chi connectivity index (χ3v) is 4.13. The first-order valence-corrected chi connectivity index (χ1v) is 8.46. The maximum Gasteiger partial charge on any atom is 0.243 e. The second kappa shape index (κ2) is 7.10. The Morgan fingerprint density at radius 3 is 2.44 bits per heavy atom. The van der Waals surface area contributed by atoms with E-state index in [0.717, 1.165) is 48.1 Å². The Kier molecular flexibility index (Phi) is 4.49. The van der Waals surface area contributed by atoms with E-state index >= 15 is 0 Å². The smallest absolute Gasteiger partial charge is 0.243 e. The third-order valence-electron chi connectivity index (χ3n) is 4.13. The van der Waals surface area contributed by atoms with Crippen molar-refractivity contribution < 1.29 is 13.6 Å². The minimum Gasteiger partial charge on any atom is -0.376 e. The molecule has 1 aromatic heterocycles. The van der Waals surface area contributed by atoms with E-state index in [1.165, 1.54) is 0 Å². The Morgan fingerprint density at radius 2 is 1.78 bits per heavy atom. The highest BCUT2D eigenvalue weighted by Crippen LogP contribution is 2.36. The van der Waals surface area contributed by atoms with Gasteiger partial charge in [0.05, 0.1) is 12.6 Å². The average Bonchev–Trinajstić information content (AvgIpc) is 3.36. The summed E-state index contributed by atoms with van der Waals surface area (Å²) < 4.78 is 28.1. The fraction of sp³-hybridized carbons (Fsp3) is 0.222. The summed E-state index contributed by atoms with van der Waals surface area (Å²) in [7, 11) is 0. The van der Waals surface area contributed by atoms with E-state index in [1.807, 2.05) is 28.9 Å². The number of carbonyl (C=O) groups excluding carboxylic acids is 1. The quantitative estimate of drug-likeness (QED) is 0.697. The van der Waals surface area contributed by atoms with Gasteiger partial charge in [-0.25, -0.2) is 13.5 Å². The molecule has 0 spiro atoms. The number of carbonyl (C=O) groups is 1. The molecule has 0 bridgehead atoms. The van der Waals surface area contributed by atoms with Crippen molar-refractivity contribution in [2.24, 2.45) is 0 Å². The molecule has 0 aliphatic heterocycles. The lowest BCUT2D eigenvalue weighted by Gasteiger charge is -2.09. The first-order chi connectivity index (χ1) is 13.1. The van der Waals surface area contributed by atoms with E-state index in [4.69, 9.17) is 0 Å². The van der Waals surface area contributed by atoms with Gasteiger partial charge in [0.15, 0.2) is 5.82 Å².